The number of carboxylic acid groups (broad SMARTS) is 1. The van der Waals surface area contributed by atoms with E-state index in [1.54, 1.807) is 12.1 Å². The van der Waals surface area contributed by atoms with Crippen LogP contribution in [0.15, 0.2) is 59.6 Å². The van der Waals surface area contributed by atoms with Crippen LogP contribution < -0.4 is 20.2 Å². The first kappa shape index (κ1) is 18.4. The highest BCUT2D eigenvalue weighted by atomic mass is 16.5. The lowest BCUT2D eigenvalue weighted by Crippen LogP contribution is -2.26. The van der Waals surface area contributed by atoms with Crippen molar-refractivity contribution in [2.24, 2.45) is 4.99 Å². The molecule has 0 aromatic heterocycles. The van der Waals surface area contributed by atoms with Crippen molar-refractivity contribution < 1.29 is 14.6 Å². The SMILES string of the molecule is CN(C)c1ccc2c(c1)Oc1cc3c(cc1=C2c1ccccc1C(=O)O)CCCN=3. The number of fused-ring (bicyclic) bond motifs is 3. The zero-order valence-electron chi connectivity index (χ0n) is 17.0. The highest BCUT2D eigenvalue weighted by molar-refractivity contribution is 5.98. The number of hydrogen-bond donors (Lipinski definition) is 1. The minimum Gasteiger partial charge on any atom is -0.478 e. The molecule has 150 valence electrons. The summed E-state index contributed by atoms with van der Waals surface area (Å²) in [5.74, 6) is 0.503. The standard InChI is InChI=1S/C25H22N2O3/c1-27(2)16-9-10-19-22(13-16)30-23-14-21-15(6-5-11-26-21)12-20(23)24(19)17-7-3-4-8-18(17)25(28)29/h3-4,7-10,12-14H,5-6,11H2,1-2H3,(H,28,29). The lowest BCUT2D eigenvalue weighted by Gasteiger charge is -2.24. The molecule has 30 heavy (non-hydrogen) atoms. The normalized spacial score (nSPS) is 14.0. The van der Waals surface area contributed by atoms with Crippen LogP contribution in [0.3, 0.4) is 0 Å². The zero-order chi connectivity index (χ0) is 20.8. The molecular weight excluding hydrogens is 376 g/mol. The lowest BCUT2D eigenvalue weighted by atomic mass is 9.88. The molecule has 2 aliphatic rings. The number of nitrogens with zero attached hydrogens (tertiary/aromatic N) is 2. The van der Waals surface area contributed by atoms with Gasteiger partial charge in [0.2, 0.25) is 0 Å². The van der Waals surface area contributed by atoms with Crippen LogP contribution in [0.1, 0.15) is 33.5 Å². The van der Waals surface area contributed by atoms with Gasteiger partial charge in [0.25, 0.3) is 0 Å². The van der Waals surface area contributed by atoms with Crippen LogP contribution in [0.4, 0.5) is 5.69 Å². The van der Waals surface area contributed by atoms with E-state index in [2.05, 4.69) is 11.1 Å². The Morgan fingerprint density at radius 1 is 1.03 bits per heavy atom. The van der Waals surface area contributed by atoms with Crippen molar-refractivity contribution in [2.75, 3.05) is 25.5 Å². The molecule has 0 radical (unpaired) electrons. The van der Waals surface area contributed by atoms with Gasteiger partial charge in [0.15, 0.2) is 0 Å². The Balaban J connectivity index is 1.89. The third kappa shape index (κ3) is 2.94. The summed E-state index contributed by atoms with van der Waals surface area (Å²) >= 11 is 0. The number of carbonyl (C=O) groups is 1. The Morgan fingerprint density at radius 2 is 1.87 bits per heavy atom. The number of carboxylic acids is 1. The Hall–Kier alpha value is -3.60. The molecule has 0 unspecified atom stereocenters. The van der Waals surface area contributed by atoms with Crippen molar-refractivity contribution in [2.45, 2.75) is 12.8 Å². The molecule has 2 aliphatic heterocycles. The Bertz CT molecular complexity index is 1310. The molecule has 0 bridgehead atoms. The monoisotopic (exact) mass is 398 g/mol. The molecule has 5 rings (SSSR count). The van der Waals surface area contributed by atoms with Crippen molar-refractivity contribution in [3.8, 4) is 11.5 Å². The van der Waals surface area contributed by atoms with Gasteiger partial charge in [-0.15, -0.1) is 0 Å². The van der Waals surface area contributed by atoms with Crippen molar-refractivity contribution in [3.63, 3.8) is 0 Å². The van der Waals surface area contributed by atoms with Gasteiger partial charge in [0.05, 0.1) is 10.9 Å². The minimum absolute atomic E-state index is 0.283. The molecule has 3 aromatic rings. The smallest absolute Gasteiger partial charge is 0.336 e. The van der Waals surface area contributed by atoms with Crippen LogP contribution in [-0.4, -0.2) is 31.7 Å². The first-order valence-corrected chi connectivity index (χ1v) is 10.1. The molecule has 5 heteroatoms. The van der Waals surface area contributed by atoms with Crippen LogP contribution in [0.5, 0.6) is 11.5 Å². The second-order valence-corrected chi connectivity index (χ2v) is 7.87. The van der Waals surface area contributed by atoms with E-state index in [4.69, 9.17) is 4.74 Å². The summed E-state index contributed by atoms with van der Waals surface area (Å²) in [4.78, 5) is 18.7. The molecule has 0 saturated heterocycles. The molecule has 5 nitrogen and oxygen atoms in total. The fraction of sp³-hybridized carbons (Fsp3) is 0.200. The third-order valence-corrected chi connectivity index (χ3v) is 5.73. The van der Waals surface area contributed by atoms with Crippen LogP contribution >= 0.6 is 0 Å². The van der Waals surface area contributed by atoms with Crippen LogP contribution in [0.25, 0.3) is 5.57 Å². The largest absolute Gasteiger partial charge is 0.478 e. The van der Waals surface area contributed by atoms with Gasteiger partial charge in [-0.25, -0.2) is 4.79 Å². The van der Waals surface area contributed by atoms with Crippen molar-refractivity contribution in [1.29, 1.82) is 0 Å². The van der Waals surface area contributed by atoms with E-state index in [9.17, 15) is 9.90 Å². The van der Waals surface area contributed by atoms with E-state index in [-0.39, 0.29) is 5.56 Å². The van der Waals surface area contributed by atoms with Crippen LogP contribution in [0.2, 0.25) is 0 Å². The Kier molecular flexibility index (Phi) is 4.31. The van der Waals surface area contributed by atoms with Crippen LogP contribution in [0, 0.1) is 0 Å². The summed E-state index contributed by atoms with van der Waals surface area (Å²) in [6, 6.07) is 17.3. The van der Waals surface area contributed by atoms with Gasteiger partial charge in [-0.3, -0.25) is 4.99 Å². The average molecular weight is 398 g/mol. The predicted molar refractivity (Wildman–Crippen MR) is 116 cm³/mol. The predicted octanol–water partition coefficient (Wildman–Crippen LogP) is 3.37. The maximum atomic E-state index is 12.0. The second-order valence-electron chi connectivity index (χ2n) is 7.87. The molecule has 0 amide bonds. The molecule has 0 fully saturated rings. The van der Waals surface area contributed by atoms with Gasteiger partial charge in [0.1, 0.15) is 11.5 Å². The van der Waals surface area contributed by atoms with Gasteiger partial charge < -0.3 is 14.7 Å². The molecule has 0 aliphatic carbocycles. The fourth-order valence-corrected chi connectivity index (χ4v) is 4.23. The highest BCUT2D eigenvalue weighted by Gasteiger charge is 2.25. The van der Waals surface area contributed by atoms with E-state index in [1.807, 2.05) is 55.4 Å². The number of rotatable bonds is 3. The number of anilines is 1. The summed E-state index contributed by atoms with van der Waals surface area (Å²) in [6.45, 7) is 0.825. The van der Waals surface area contributed by atoms with Crippen molar-refractivity contribution in [1.82, 2.24) is 0 Å². The summed E-state index contributed by atoms with van der Waals surface area (Å²) < 4.78 is 6.33. The summed E-state index contributed by atoms with van der Waals surface area (Å²) in [5.41, 5.74) is 4.97. The zero-order valence-corrected chi connectivity index (χ0v) is 17.0. The van der Waals surface area contributed by atoms with E-state index in [0.717, 1.165) is 58.3 Å². The minimum atomic E-state index is -0.939. The number of aryl methyl sites for hydroxylation is 1. The topological polar surface area (TPSA) is 62.1 Å². The first-order valence-electron chi connectivity index (χ1n) is 10.1. The second kappa shape index (κ2) is 7.02. The lowest BCUT2D eigenvalue weighted by molar-refractivity contribution is 0.0696. The van der Waals surface area contributed by atoms with Gasteiger partial charge in [-0.05, 0) is 48.2 Å². The molecule has 2 heterocycles. The van der Waals surface area contributed by atoms with E-state index in [0.29, 0.717) is 5.56 Å². The van der Waals surface area contributed by atoms with Crippen molar-refractivity contribution >= 4 is 17.2 Å². The Morgan fingerprint density at radius 3 is 2.67 bits per heavy atom. The van der Waals surface area contributed by atoms with E-state index < -0.39 is 5.97 Å². The molecule has 0 saturated carbocycles. The third-order valence-electron chi connectivity index (χ3n) is 5.73. The number of hydrogen-bond acceptors (Lipinski definition) is 4. The van der Waals surface area contributed by atoms with Crippen LogP contribution in [-0.2, 0) is 6.42 Å². The molecule has 3 aromatic carbocycles. The van der Waals surface area contributed by atoms with E-state index in [1.165, 1.54) is 5.56 Å². The average Bonchev–Trinajstić information content (AvgIpc) is 2.75. The molecular formula is C25H22N2O3. The summed E-state index contributed by atoms with van der Waals surface area (Å²) in [5, 5.41) is 11.7. The maximum absolute atomic E-state index is 12.0. The first-order chi connectivity index (χ1) is 14.5. The highest BCUT2D eigenvalue weighted by Crippen LogP contribution is 2.39. The number of ether oxygens (including phenoxy) is 1. The van der Waals surface area contributed by atoms with Gasteiger partial charge in [-0.2, -0.15) is 0 Å². The number of aromatic carboxylic acids is 1. The summed E-state index contributed by atoms with van der Waals surface area (Å²) in [7, 11) is 3.97. The Labute approximate surface area is 174 Å². The molecule has 0 atom stereocenters. The molecule has 0 spiro atoms. The summed E-state index contributed by atoms with van der Waals surface area (Å²) in [6.07, 6.45) is 1.99. The maximum Gasteiger partial charge on any atom is 0.336 e. The van der Waals surface area contributed by atoms with Gasteiger partial charge in [-0.1, -0.05) is 18.2 Å². The van der Waals surface area contributed by atoms with E-state index >= 15 is 0 Å². The van der Waals surface area contributed by atoms with Gasteiger partial charge in [0, 0.05) is 54.8 Å². The fourth-order valence-electron chi connectivity index (χ4n) is 4.23. The number of benzene rings is 3. The quantitative estimate of drug-likeness (QED) is 0.575. The van der Waals surface area contributed by atoms with Crippen molar-refractivity contribution in [3.05, 3.63) is 87.4 Å². The van der Waals surface area contributed by atoms with Gasteiger partial charge >= 0.3 is 5.97 Å². The molecule has 1 N–H and O–H groups in total.